The van der Waals surface area contributed by atoms with E-state index in [2.05, 4.69) is 0 Å². The first-order valence-corrected chi connectivity index (χ1v) is 9.75. The predicted molar refractivity (Wildman–Crippen MR) is 115 cm³/mol. The topological polar surface area (TPSA) is 74.6 Å². The van der Waals surface area contributed by atoms with Gasteiger partial charge in [-0.2, -0.15) is 0 Å². The van der Waals surface area contributed by atoms with Gasteiger partial charge in [0.25, 0.3) is 0 Å². The van der Waals surface area contributed by atoms with E-state index in [-0.39, 0.29) is 22.6 Å². The van der Waals surface area contributed by atoms with Crippen LogP contribution in [0.5, 0.6) is 5.75 Å². The predicted octanol–water partition coefficient (Wildman–Crippen LogP) is 5.49. The lowest BCUT2D eigenvalue weighted by atomic mass is 9.76. The summed E-state index contributed by atoms with van der Waals surface area (Å²) < 4.78 is 0. The van der Waals surface area contributed by atoms with Crippen molar-refractivity contribution in [2.24, 2.45) is 0 Å². The van der Waals surface area contributed by atoms with Gasteiger partial charge in [-0.1, -0.05) is 59.7 Å². The second kappa shape index (κ2) is 6.58. The molecule has 4 nitrogen and oxygen atoms in total. The Bertz CT molecular complexity index is 1040. The van der Waals surface area contributed by atoms with Crippen molar-refractivity contribution in [3.05, 3.63) is 63.7 Å². The number of fused-ring (bicyclic) bond motifs is 1. The van der Waals surface area contributed by atoms with E-state index in [1.807, 2.05) is 41.5 Å². The number of aromatic hydroxyl groups is 1. The number of hydrogen-bond acceptors (Lipinski definition) is 4. The fourth-order valence-electron chi connectivity index (χ4n) is 3.83. The summed E-state index contributed by atoms with van der Waals surface area (Å²) in [4.78, 5) is 25.9. The molecule has 0 saturated heterocycles. The lowest BCUT2D eigenvalue weighted by Crippen LogP contribution is -2.25. The Morgan fingerprint density at radius 3 is 1.79 bits per heavy atom. The minimum atomic E-state index is -0.727. The quantitative estimate of drug-likeness (QED) is 0.630. The van der Waals surface area contributed by atoms with Crippen LogP contribution in [-0.4, -0.2) is 21.8 Å². The molecule has 2 aromatic carbocycles. The Morgan fingerprint density at radius 1 is 0.793 bits per heavy atom. The van der Waals surface area contributed by atoms with Crippen molar-refractivity contribution in [2.75, 3.05) is 0 Å². The molecule has 29 heavy (non-hydrogen) atoms. The fraction of sp³-hybridized carbons (Fsp3) is 0.360. The highest BCUT2D eigenvalue weighted by atomic mass is 16.3. The second-order valence-electron chi connectivity index (χ2n) is 9.80. The second-order valence-corrected chi connectivity index (χ2v) is 9.80. The fourth-order valence-corrected chi connectivity index (χ4v) is 3.83. The van der Waals surface area contributed by atoms with Crippen molar-refractivity contribution in [3.8, 4) is 5.75 Å². The van der Waals surface area contributed by atoms with E-state index >= 15 is 0 Å². The van der Waals surface area contributed by atoms with Crippen molar-refractivity contribution in [1.29, 1.82) is 0 Å². The van der Waals surface area contributed by atoms with Crippen LogP contribution in [0.2, 0.25) is 0 Å². The SMILES string of the molecule is Cc1cccc2c1C(=O)C(=O)C(c1cc(C(C)(C)C)c(O)c(C(C)(C)C)c1)=C2O. The lowest BCUT2D eigenvalue weighted by molar-refractivity contribution is -0.110. The average molecular weight is 392 g/mol. The third-order valence-corrected chi connectivity index (χ3v) is 5.44. The Labute approximate surface area is 171 Å². The molecule has 0 spiro atoms. The average Bonchev–Trinajstić information content (AvgIpc) is 2.59. The largest absolute Gasteiger partial charge is 0.507 e. The maximum absolute atomic E-state index is 13.0. The first-order chi connectivity index (χ1) is 13.2. The van der Waals surface area contributed by atoms with Crippen LogP contribution >= 0.6 is 0 Å². The van der Waals surface area contributed by atoms with Gasteiger partial charge in [-0.3, -0.25) is 9.59 Å². The van der Waals surface area contributed by atoms with E-state index in [9.17, 15) is 19.8 Å². The Balaban J connectivity index is 2.40. The smallest absolute Gasteiger partial charge is 0.237 e. The van der Waals surface area contributed by atoms with Crippen molar-refractivity contribution in [3.63, 3.8) is 0 Å². The summed E-state index contributed by atoms with van der Waals surface area (Å²) in [5.74, 6) is -1.36. The zero-order valence-electron chi connectivity index (χ0n) is 18.1. The van der Waals surface area contributed by atoms with Gasteiger partial charge < -0.3 is 10.2 Å². The lowest BCUT2D eigenvalue weighted by Gasteiger charge is -2.29. The summed E-state index contributed by atoms with van der Waals surface area (Å²) in [6.45, 7) is 13.6. The number of aryl methyl sites for hydroxylation is 1. The molecule has 0 atom stereocenters. The molecule has 3 rings (SSSR count). The first kappa shape index (κ1) is 20.8. The molecule has 0 heterocycles. The summed E-state index contributed by atoms with van der Waals surface area (Å²) >= 11 is 0. The summed E-state index contributed by atoms with van der Waals surface area (Å²) in [5, 5.41) is 21.9. The summed E-state index contributed by atoms with van der Waals surface area (Å²) in [5.41, 5.74) is 2.24. The highest BCUT2D eigenvalue weighted by Crippen LogP contribution is 2.43. The molecule has 0 aliphatic heterocycles. The van der Waals surface area contributed by atoms with Crippen LogP contribution in [0.25, 0.3) is 11.3 Å². The normalized spacial score (nSPS) is 15.0. The van der Waals surface area contributed by atoms with Gasteiger partial charge in [-0.15, -0.1) is 0 Å². The van der Waals surface area contributed by atoms with Gasteiger partial charge in [-0.25, -0.2) is 0 Å². The van der Waals surface area contributed by atoms with Crippen LogP contribution < -0.4 is 0 Å². The molecule has 0 aromatic heterocycles. The number of phenolic OH excluding ortho intramolecular Hbond substituents is 1. The van der Waals surface area contributed by atoms with Gasteiger partial charge in [0.1, 0.15) is 11.5 Å². The number of ketones is 2. The number of rotatable bonds is 1. The molecule has 4 heteroatoms. The molecule has 0 unspecified atom stereocenters. The Morgan fingerprint density at radius 2 is 1.31 bits per heavy atom. The van der Waals surface area contributed by atoms with E-state index in [1.165, 1.54) is 0 Å². The number of benzene rings is 2. The van der Waals surface area contributed by atoms with Crippen molar-refractivity contribution in [1.82, 2.24) is 0 Å². The van der Waals surface area contributed by atoms with Crippen LogP contribution in [0.4, 0.5) is 0 Å². The number of carbonyl (C=O) groups excluding carboxylic acids is 2. The molecule has 0 fully saturated rings. The Kier molecular flexibility index (Phi) is 4.73. The highest BCUT2D eigenvalue weighted by Gasteiger charge is 2.36. The number of allylic oxidation sites excluding steroid dienone is 1. The first-order valence-electron chi connectivity index (χ1n) is 9.75. The molecule has 0 amide bonds. The molecule has 0 radical (unpaired) electrons. The summed E-state index contributed by atoms with van der Waals surface area (Å²) in [7, 11) is 0. The zero-order chi connectivity index (χ0) is 21.9. The highest BCUT2D eigenvalue weighted by molar-refractivity contribution is 6.62. The molecule has 152 valence electrons. The number of carbonyl (C=O) groups is 2. The molecule has 0 bridgehead atoms. The van der Waals surface area contributed by atoms with Crippen LogP contribution in [-0.2, 0) is 15.6 Å². The third-order valence-electron chi connectivity index (χ3n) is 5.44. The van der Waals surface area contributed by atoms with Crippen LogP contribution in [0.1, 0.15) is 79.7 Å². The van der Waals surface area contributed by atoms with Gasteiger partial charge in [0.15, 0.2) is 0 Å². The van der Waals surface area contributed by atoms with Gasteiger partial charge in [0.05, 0.1) is 5.57 Å². The van der Waals surface area contributed by atoms with Gasteiger partial charge in [0, 0.05) is 22.3 Å². The maximum atomic E-state index is 13.0. The summed E-state index contributed by atoms with van der Waals surface area (Å²) in [6.07, 6.45) is 0. The van der Waals surface area contributed by atoms with Gasteiger partial charge >= 0.3 is 0 Å². The number of Topliss-reactive ketones (excluding diaryl/α,β-unsaturated/α-hetero) is 2. The van der Waals surface area contributed by atoms with E-state index < -0.39 is 22.4 Å². The number of aliphatic hydroxyl groups is 1. The van der Waals surface area contributed by atoms with Crippen molar-refractivity contribution < 1.29 is 19.8 Å². The van der Waals surface area contributed by atoms with Crippen molar-refractivity contribution in [2.45, 2.75) is 59.3 Å². The van der Waals surface area contributed by atoms with Crippen LogP contribution in [0.3, 0.4) is 0 Å². The minimum absolute atomic E-state index is 0.0101. The molecule has 1 aliphatic carbocycles. The maximum Gasteiger partial charge on any atom is 0.237 e. The monoisotopic (exact) mass is 392 g/mol. The zero-order valence-corrected chi connectivity index (χ0v) is 18.1. The number of aliphatic hydroxyl groups excluding tert-OH is 1. The van der Waals surface area contributed by atoms with Crippen LogP contribution in [0, 0.1) is 6.92 Å². The molecule has 1 aliphatic rings. The minimum Gasteiger partial charge on any atom is -0.507 e. The number of hydrogen-bond donors (Lipinski definition) is 2. The standard InChI is InChI=1S/C25H28O4/c1-13-9-8-10-15-18(13)22(28)23(29)19(20(15)26)14-11-16(24(2,3)4)21(27)17(12-14)25(5,6)7/h8-12,26-27H,1-7H3. The third kappa shape index (κ3) is 3.37. The summed E-state index contributed by atoms with van der Waals surface area (Å²) in [6, 6.07) is 8.57. The number of phenols is 1. The van der Waals surface area contributed by atoms with Gasteiger partial charge in [-0.05, 0) is 41.0 Å². The van der Waals surface area contributed by atoms with Crippen LogP contribution in [0.15, 0.2) is 30.3 Å². The van der Waals surface area contributed by atoms with E-state index in [4.69, 9.17) is 0 Å². The van der Waals surface area contributed by atoms with Gasteiger partial charge in [0.2, 0.25) is 11.6 Å². The molecule has 2 N–H and O–H groups in total. The molecule has 0 saturated carbocycles. The Hall–Kier alpha value is -2.88. The van der Waals surface area contributed by atoms with E-state index in [0.717, 1.165) is 0 Å². The molecular weight excluding hydrogens is 364 g/mol. The molecular formula is C25H28O4. The molecule has 2 aromatic rings. The van der Waals surface area contributed by atoms with E-state index in [0.29, 0.717) is 27.8 Å². The van der Waals surface area contributed by atoms with E-state index in [1.54, 1.807) is 37.3 Å². The van der Waals surface area contributed by atoms with Crippen molar-refractivity contribution >= 4 is 22.9 Å².